The van der Waals surface area contributed by atoms with Gasteiger partial charge < -0.3 is 14.1 Å². The number of thioether (sulfide) groups is 1. The van der Waals surface area contributed by atoms with Crippen LogP contribution in [0.2, 0.25) is 0 Å². The first-order chi connectivity index (χ1) is 18.6. The fourth-order valence-corrected chi connectivity index (χ4v) is 5.21. The van der Waals surface area contributed by atoms with E-state index in [0.717, 1.165) is 34.7 Å². The Bertz CT molecular complexity index is 1370. The number of carbonyl (C=O) groups excluding carboxylic acids is 2. The van der Waals surface area contributed by atoms with E-state index in [9.17, 15) is 9.59 Å². The number of hydrogen-bond donors (Lipinski definition) is 0. The van der Waals surface area contributed by atoms with Gasteiger partial charge in [0.25, 0.3) is 5.91 Å². The molecule has 2 aromatic heterocycles. The van der Waals surface area contributed by atoms with Crippen LogP contribution in [0.4, 0.5) is 0 Å². The van der Waals surface area contributed by atoms with Crippen LogP contribution in [0, 0.1) is 5.92 Å². The van der Waals surface area contributed by atoms with E-state index in [1.165, 1.54) is 17.3 Å². The summed E-state index contributed by atoms with van der Waals surface area (Å²) in [4.78, 5) is 26.7. The van der Waals surface area contributed by atoms with E-state index in [4.69, 9.17) is 9.15 Å². The van der Waals surface area contributed by atoms with Gasteiger partial charge in [0.15, 0.2) is 5.76 Å². The second-order valence-electron chi connectivity index (χ2n) is 9.10. The number of esters is 1. The molecule has 0 unspecified atom stereocenters. The summed E-state index contributed by atoms with van der Waals surface area (Å²) in [5.74, 6) is 0.778. The van der Waals surface area contributed by atoms with E-state index in [1.54, 1.807) is 17.9 Å². The molecular weight excluding hydrogens is 498 g/mol. The van der Waals surface area contributed by atoms with Crippen LogP contribution in [0.1, 0.15) is 36.1 Å². The molecule has 1 fully saturated rings. The molecule has 38 heavy (non-hydrogen) atoms. The van der Waals surface area contributed by atoms with E-state index in [1.807, 2.05) is 36.4 Å². The highest BCUT2D eigenvalue weighted by molar-refractivity contribution is 7.98. The lowest BCUT2D eigenvalue weighted by Crippen LogP contribution is -2.42. The SMILES string of the molecule is CCOC(=O)[C@@H]1CCCN(C(=O)c2ccc(CSc3ccc(-c4ccc(-c5ccccc5)cc4)nn3)o2)C1. The molecule has 1 amide bonds. The fraction of sp³-hybridized carbons (Fsp3) is 0.267. The smallest absolute Gasteiger partial charge is 0.310 e. The number of ether oxygens (including phenoxy) is 1. The zero-order valence-corrected chi connectivity index (χ0v) is 22.0. The Morgan fingerprint density at radius 2 is 1.71 bits per heavy atom. The molecule has 2 aromatic carbocycles. The summed E-state index contributed by atoms with van der Waals surface area (Å²) in [6, 6.07) is 25.9. The van der Waals surface area contributed by atoms with Crippen molar-refractivity contribution < 1.29 is 18.7 Å². The van der Waals surface area contributed by atoms with Gasteiger partial charge in [0.2, 0.25) is 0 Å². The number of amides is 1. The molecule has 3 heterocycles. The van der Waals surface area contributed by atoms with Gasteiger partial charge in [-0.3, -0.25) is 9.59 Å². The third-order valence-corrected chi connectivity index (χ3v) is 7.43. The quantitative estimate of drug-likeness (QED) is 0.202. The second kappa shape index (κ2) is 12.1. The lowest BCUT2D eigenvalue weighted by molar-refractivity contribution is -0.149. The third kappa shape index (κ3) is 6.14. The minimum Gasteiger partial charge on any atom is -0.466 e. The second-order valence-corrected chi connectivity index (χ2v) is 10.1. The highest BCUT2D eigenvalue weighted by atomic mass is 32.2. The van der Waals surface area contributed by atoms with Crippen LogP contribution in [0.15, 0.2) is 88.3 Å². The zero-order chi connectivity index (χ0) is 26.3. The van der Waals surface area contributed by atoms with Gasteiger partial charge >= 0.3 is 5.97 Å². The van der Waals surface area contributed by atoms with E-state index in [0.29, 0.717) is 31.2 Å². The number of piperidine rings is 1. The number of nitrogens with zero attached hydrogens (tertiary/aromatic N) is 3. The summed E-state index contributed by atoms with van der Waals surface area (Å²) in [6.07, 6.45) is 1.51. The fourth-order valence-electron chi connectivity index (χ4n) is 4.50. The summed E-state index contributed by atoms with van der Waals surface area (Å²) in [7, 11) is 0. The van der Waals surface area contributed by atoms with Crippen molar-refractivity contribution in [1.82, 2.24) is 15.1 Å². The van der Waals surface area contributed by atoms with Gasteiger partial charge in [0.05, 0.1) is 24.0 Å². The number of hydrogen-bond acceptors (Lipinski definition) is 7. The molecule has 0 spiro atoms. The average molecular weight is 528 g/mol. The van der Waals surface area contributed by atoms with Crippen molar-refractivity contribution in [2.45, 2.75) is 30.5 Å². The largest absolute Gasteiger partial charge is 0.466 e. The van der Waals surface area contributed by atoms with Crippen LogP contribution in [0.25, 0.3) is 22.4 Å². The minimum absolute atomic E-state index is 0.197. The number of furan rings is 1. The van der Waals surface area contributed by atoms with Crippen molar-refractivity contribution in [3.8, 4) is 22.4 Å². The number of likely N-dealkylation sites (tertiary alicyclic amines) is 1. The molecule has 8 heteroatoms. The van der Waals surface area contributed by atoms with E-state index < -0.39 is 0 Å². The summed E-state index contributed by atoms with van der Waals surface area (Å²) in [5.41, 5.74) is 4.15. The highest BCUT2D eigenvalue weighted by Crippen LogP contribution is 2.27. The Morgan fingerprint density at radius 3 is 2.45 bits per heavy atom. The first kappa shape index (κ1) is 25.7. The van der Waals surface area contributed by atoms with Crippen LogP contribution in [0.5, 0.6) is 0 Å². The Morgan fingerprint density at radius 1 is 0.947 bits per heavy atom. The lowest BCUT2D eigenvalue weighted by atomic mass is 9.98. The van der Waals surface area contributed by atoms with Gasteiger partial charge in [-0.25, -0.2) is 0 Å². The first-order valence-electron chi connectivity index (χ1n) is 12.8. The first-order valence-corrected chi connectivity index (χ1v) is 13.8. The number of aromatic nitrogens is 2. The Balaban J connectivity index is 1.15. The van der Waals surface area contributed by atoms with Gasteiger partial charge in [0.1, 0.15) is 10.8 Å². The molecule has 4 aromatic rings. The molecule has 5 rings (SSSR count). The van der Waals surface area contributed by atoms with Crippen molar-refractivity contribution in [3.05, 3.63) is 90.4 Å². The molecule has 0 aliphatic carbocycles. The average Bonchev–Trinajstić information content (AvgIpc) is 3.46. The summed E-state index contributed by atoms with van der Waals surface area (Å²) < 4.78 is 11.0. The predicted octanol–water partition coefficient (Wildman–Crippen LogP) is 6.11. The van der Waals surface area contributed by atoms with E-state index in [2.05, 4.69) is 46.6 Å². The highest BCUT2D eigenvalue weighted by Gasteiger charge is 2.30. The maximum absolute atomic E-state index is 12.9. The van der Waals surface area contributed by atoms with Crippen molar-refractivity contribution in [2.75, 3.05) is 19.7 Å². The summed E-state index contributed by atoms with van der Waals surface area (Å²) in [6.45, 7) is 3.10. The third-order valence-electron chi connectivity index (χ3n) is 6.49. The molecule has 194 valence electrons. The molecule has 1 aliphatic heterocycles. The van der Waals surface area contributed by atoms with Crippen molar-refractivity contribution >= 4 is 23.6 Å². The van der Waals surface area contributed by atoms with Gasteiger partial charge in [0, 0.05) is 18.7 Å². The van der Waals surface area contributed by atoms with Crippen molar-refractivity contribution in [3.63, 3.8) is 0 Å². The molecule has 1 aliphatic rings. The molecule has 1 saturated heterocycles. The van der Waals surface area contributed by atoms with Crippen LogP contribution in [-0.4, -0.2) is 46.7 Å². The van der Waals surface area contributed by atoms with Crippen LogP contribution >= 0.6 is 11.8 Å². The van der Waals surface area contributed by atoms with Crippen molar-refractivity contribution in [2.24, 2.45) is 5.92 Å². The maximum atomic E-state index is 12.9. The summed E-state index contributed by atoms with van der Waals surface area (Å²) >= 11 is 1.49. The lowest BCUT2D eigenvalue weighted by Gasteiger charge is -2.30. The normalized spacial score (nSPS) is 15.3. The Hall–Kier alpha value is -3.91. The molecular formula is C30H29N3O4S. The standard InChI is InChI=1S/C30H29N3O4S/c1-2-36-30(35)24-9-6-18-33(19-24)29(34)27-16-14-25(37-27)20-38-28-17-15-26(31-32-28)23-12-10-22(11-13-23)21-7-4-3-5-8-21/h3-5,7-8,10-17,24H,2,6,9,18-20H2,1H3/t24-/m1/s1. The van der Waals surface area contributed by atoms with Gasteiger partial charge in [-0.15, -0.1) is 10.2 Å². The molecule has 7 nitrogen and oxygen atoms in total. The van der Waals surface area contributed by atoms with Crippen LogP contribution < -0.4 is 0 Å². The maximum Gasteiger partial charge on any atom is 0.310 e. The number of carbonyl (C=O) groups is 2. The Labute approximate surface area is 226 Å². The van der Waals surface area contributed by atoms with Crippen LogP contribution in [-0.2, 0) is 15.3 Å². The predicted molar refractivity (Wildman–Crippen MR) is 146 cm³/mol. The topological polar surface area (TPSA) is 85.5 Å². The van der Waals surface area contributed by atoms with Crippen molar-refractivity contribution in [1.29, 1.82) is 0 Å². The molecule has 0 saturated carbocycles. The number of rotatable bonds is 8. The van der Waals surface area contributed by atoms with Gasteiger partial charge in [-0.2, -0.15) is 0 Å². The molecule has 0 N–H and O–H groups in total. The monoisotopic (exact) mass is 527 g/mol. The number of benzene rings is 2. The minimum atomic E-state index is -0.277. The van der Waals surface area contributed by atoms with E-state index in [-0.39, 0.29) is 23.6 Å². The molecule has 0 bridgehead atoms. The molecule has 0 radical (unpaired) electrons. The van der Waals surface area contributed by atoms with Gasteiger partial charge in [-0.1, -0.05) is 66.4 Å². The zero-order valence-electron chi connectivity index (χ0n) is 21.2. The van der Waals surface area contributed by atoms with Gasteiger partial charge in [-0.05, 0) is 55.2 Å². The van der Waals surface area contributed by atoms with Crippen LogP contribution in [0.3, 0.4) is 0 Å². The Kier molecular flexibility index (Phi) is 8.19. The summed E-state index contributed by atoms with van der Waals surface area (Å²) in [5, 5.41) is 9.52. The molecule has 1 atom stereocenters. The van der Waals surface area contributed by atoms with E-state index >= 15 is 0 Å².